The molecule has 5 rings (SSSR count). The lowest BCUT2D eigenvalue weighted by Crippen LogP contribution is -2.57. The molecule has 5 atom stereocenters. The first kappa shape index (κ1) is 24.5. The fraction of sp³-hybridized carbons (Fsp3) is 0.741. The van der Waals surface area contributed by atoms with Crippen molar-refractivity contribution in [1.29, 1.82) is 0 Å². The van der Waals surface area contributed by atoms with E-state index in [1.807, 2.05) is 29.2 Å². The van der Waals surface area contributed by atoms with Crippen LogP contribution in [0.1, 0.15) is 64.2 Å². The SMILES string of the molecule is O=C1OCCCC/C=C\[C@@H]2O[C@]34C=CCN(C5CCCCC5)C(=O)C3N(CCCCO)C(=O)[C@@H]4[C@H]12. The van der Waals surface area contributed by atoms with Gasteiger partial charge in [0.1, 0.15) is 17.6 Å². The van der Waals surface area contributed by atoms with E-state index in [-0.39, 0.29) is 24.5 Å². The molecule has 8 nitrogen and oxygen atoms in total. The van der Waals surface area contributed by atoms with Crippen LogP contribution in [-0.2, 0) is 23.9 Å². The fourth-order valence-electron chi connectivity index (χ4n) is 6.79. The summed E-state index contributed by atoms with van der Waals surface area (Å²) in [4.78, 5) is 45.0. The lowest BCUT2D eigenvalue weighted by molar-refractivity contribution is -0.155. The summed E-state index contributed by atoms with van der Waals surface area (Å²) >= 11 is 0. The molecule has 0 radical (unpaired) electrons. The van der Waals surface area contributed by atoms with Gasteiger partial charge in [0.05, 0.1) is 18.6 Å². The Morgan fingerprint density at radius 2 is 1.83 bits per heavy atom. The number of nitrogens with zero attached hydrogens (tertiary/aromatic N) is 2. The molecule has 3 fully saturated rings. The van der Waals surface area contributed by atoms with Gasteiger partial charge in [-0.15, -0.1) is 0 Å². The zero-order valence-corrected chi connectivity index (χ0v) is 20.5. The highest BCUT2D eigenvalue weighted by Crippen LogP contribution is 2.53. The van der Waals surface area contributed by atoms with Gasteiger partial charge in [0, 0.05) is 25.7 Å². The molecule has 0 aromatic heterocycles. The summed E-state index contributed by atoms with van der Waals surface area (Å²) in [6.07, 6.45) is 16.2. The van der Waals surface area contributed by atoms with Crippen molar-refractivity contribution >= 4 is 17.8 Å². The van der Waals surface area contributed by atoms with E-state index in [1.165, 1.54) is 6.42 Å². The number of rotatable bonds is 5. The van der Waals surface area contributed by atoms with Gasteiger partial charge in [0.2, 0.25) is 11.8 Å². The summed E-state index contributed by atoms with van der Waals surface area (Å²) < 4.78 is 12.2. The van der Waals surface area contributed by atoms with Crippen LogP contribution in [0, 0.1) is 11.8 Å². The molecule has 1 N–H and O–H groups in total. The standard InChI is InChI=1S/C27H38N2O6/c30-17-8-7-15-29-23-25(32)28(19-11-4-3-5-12-19)16-10-14-27(23)22(24(29)31)21-20(35-27)13-6-1-2-9-18-34-26(21)33/h6,10,13-14,19-23,30H,1-5,7-9,11-12,15-18H2/b13-6-/t20-,21+,22-,23?,27-/m0/s1. The highest BCUT2D eigenvalue weighted by Gasteiger charge is 2.71. The Labute approximate surface area is 207 Å². The number of unbranched alkanes of at least 4 members (excludes halogenated alkanes) is 1. The smallest absolute Gasteiger partial charge is 0.312 e. The third-order valence-electron chi connectivity index (χ3n) is 8.45. The van der Waals surface area contributed by atoms with E-state index in [9.17, 15) is 19.5 Å². The van der Waals surface area contributed by atoms with Gasteiger partial charge in [-0.1, -0.05) is 43.6 Å². The maximum atomic E-state index is 14.2. The molecule has 4 aliphatic heterocycles. The van der Waals surface area contributed by atoms with Gasteiger partial charge in [0.25, 0.3) is 0 Å². The first-order valence-electron chi connectivity index (χ1n) is 13.5. The summed E-state index contributed by atoms with van der Waals surface area (Å²) in [5, 5.41) is 9.32. The van der Waals surface area contributed by atoms with Crippen molar-refractivity contribution in [2.45, 2.75) is 88.0 Å². The Morgan fingerprint density at radius 1 is 1.00 bits per heavy atom. The first-order valence-corrected chi connectivity index (χ1v) is 13.5. The zero-order chi connectivity index (χ0) is 24.4. The third-order valence-corrected chi connectivity index (χ3v) is 8.45. The molecule has 0 bridgehead atoms. The Kier molecular flexibility index (Phi) is 7.30. The van der Waals surface area contributed by atoms with Crippen LogP contribution < -0.4 is 0 Å². The van der Waals surface area contributed by atoms with Crippen LogP contribution in [0.15, 0.2) is 24.3 Å². The van der Waals surface area contributed by atoms with Crippen molar-refractivity contribution in [2.75, 3.05) is 26.3 Å². The van der Waals surface area contributed by atoms with E-state index in [0.717, 1.165) is 44.9 Å². The minimum absolute atomic E-state index is 0.0294. The second-order valence-corrected chi connectivity index (χ2v) is 10.6. The Morgan fingerprint density at radius 3 is 2.63 bits per heavy atom. The number of aliphatic hydroxyl groups is 1. The van der Waals surface area contributed by atoms with Crippen molar-refractivity contribution in [3.05, 3.63) is 24.3 Å². The topological polar surface area (TPSA) is 96.4 Å². The van der Waals surface area contributed by atoms with Crippen molar-refractivity contribution in [3.8, 4) is 0 Å². The molecule has 1 saturated carbocycles. The van der Waals surface area contributed by atoms with Crippen molar-refractivity contribution in [1.82, 2.24) is 9.80 Å². The van der Waals surface area contributed by atoms with E-state index < -0.39 is 35.6 Å². The molecule has 5 aliphatic rings. The molecule has 192 valence electrons. The molecule has 0 aromatic rings. The van der Waals surface area contributed by atoms with E-state index in [2.05, 4.69) is 0 Å². The highest BCUT2D eigenvalue weighted by atomic mass is 16.6. The quantitative estimate of drug-likeness (QED) is 0.364. The van der Waals surface area contributed by atoms with Crippen LogP contribution in [0.3, 0.4) is 0 Å². The molecule has 1 spiro atoms. The predicted molar refractivity (Wildman–Crippen MR) is 128 cm³/mol. The van der Waals surface area contributed by atoms with Gasteiger partial charge in [-0.2, -0.15) is 0 Å². The van der Waals surface area contributed by atoms with E-state index >= 15 is 0 Å². The molecular formula is C27H38N2O6. The first-order chi connectivity index (χ1) is 17.1. The molecule has 1 aliphatic carbocycles. The summed E-state index contributed by atoms with van der Waals surface area (Å²) in [5.74, 6) is -2.29. The van der Waals surface area contributed by atoms with Crippen molar-refractivity contribution in [2.24, 2.45) is 11.8 Å². The van der Waals surface area contributed by atoms with Crippen molar-refractivity contribution < 1.29 is 29.0 Å². The average Bonchev–Trinajstić information content (AvgIpc) is 3.24. The summed E-state index contributed by atoms with van der Waals surface area (Å²) in [7, 11) is 0. The summed E-state index contributed by atoms with van der Waals surface area (Å²) in [6.45, 7) is 1.21. The number of carbonyl (C=O) groups excluding carboxylic acids is 3. The van der Waals surface area contributed by atoms with E-state index in [1.54, 1.807) is 4.90 Å². The molecule has 0 aromatic carbocycles. The minimum atomic E-state index is -1.19. The lowest BCUT2D eigenvalue weighted by Gasteiger charge is -2.39. The number of hydrogen-bond donors (Lipinski definition) is 1. The maximum Gasteiger partial charge on any atom is 0.312 e. The summed E-state index contributed by atoms with van der Waals surface area (Å²) in [6, 6.07) is -0.644. The number of esters is 1. The van der Waals surface area contributed by atoms with Gasteiger partial charge < -0.3 is 24.4 Å². The number of fused-ring (bicyclic) bond motifs is 2. The predicted octanol–water partition coefficient (Wildman–Crippen LogP) is 2.35. The number of amides is 2. The molecule has 35 heavy (non-hydrogen) atoms. The van der Waals surface area contributed by atoms with Crippen LogP contribution in [-0.4, -0.2) is 82.8 Å². The molecule has 8 heteroatoms. The lowest BCUT2D eigenvalue weighted by atomic mass is 9.77. The largest absolute Gasteiger partial charge is 0.465 e. The second-order valence-electron chi connectivity index (χ2n) is 10.6. The van der Waals surface area contributed by atoms with Crippen LogP contribution >= 0.6 is 0 Å². The third kappa shape index (κ3) is 4.33. The summed E-state index contributed by atoms with van der Waals surface area (Å²) in [5.41, 5.74) is -1.19. The normalized spacial score (nSPS) is 36.9. The monoisotopic (exact) mass is 486 g/mol. The van der Waals surface area contributed by atoms with Gasteiger partial charge in [-0.3, -0.25) is 14.4 Å². The van der Waals surface area contributed by atoms with Gasteiger partial charge in [-0.05, 0) is 44.9 Å². The van der Waals surface area contributed by atoms with Crippen molar-refractivity contribution in [3.63, 3.8) is 0 Å². The number of cyclic esters (lactones) is 1. The molecular weight excluding hydrogens is 448 g/mol. The molecule has 4 heterocycles. The van der Waals surface area contributed by atoms with Crippen LogP contribution in [0.5, 0.6) is 0 Å². The molecule has 2 amide bonds. The van der Waals surface area contributed by atoms with Crippen LogP contribution in [0.4, 0.5) is 0 Å². The zero-order valence-electron chi connectivity index (χ0n) is 20.5. The fourth-order valence-corrected chi connectivity index (χ4v) is 6.79. The van der Waals surface area contributed by atoms with Gasteiger partial charge in [-0.25, -0.2) is 0 Å². The van der Waals surface area contributed by atoms with Crippen LogP contribution in [0.25, 0.3) is 0 Å². The number of ether oxygens (including phenoxy) is 2. The Hall–Kier alpha value is -2.19. The number of aliphatic hydroxyl groups excluding tert-OH is 1. The van der Waals surface area contributed by atoms with Crippen LogP contribution in [0.2, 0.25) is 0 Å². The maximum absolute atomic E-state index is 14.2. The van der Waals surface area contributed by atoms with Gasteiger partial charge >= 0.3 is 5.97 Å². The number of likely N-dealkylation sites (tertiary alicyclic amines) is 1. The number of carbonyl (C=O) groups is 3. The Balaban J connectivity index is 1.54. The minimum Gasteiger partial charge on any atom is -0.465 e. The molecule has 1 unspecified atom stereocenters. The highest BCUT2D eigenvalue weighted by molar-refractivity contribution is 5.99. The number of hydrogen-bond acceptors (Lipinski definition) is 6. The number of allylic oxidation sites excluding steroid dienone is 1. The average molecular weight is 487 g/mol. The Bertz CT molecular complexity index is 881. The van der Waals surface area contributed by atoms with Gasteiger partial charge in [0.15, 0.2) is 0 Å². The molecule has 2 saturated heterocycles. The van der Waals surface area contributed by atoms with E-state index in [4.69, 9.17) is 9.47 Å². The van der Waals surface area contributed by atoms with E-state index in [0.29, 0.717) is 32.5 Å². The second kappa shape index (κ2) is 10.4.